The van der Waals surface area contributed by atoms with Crippen molar-refractivity contribution in [3.05, 3.63) is 0 Å². The Bertz CT molecular complexity index is 254. The monoisotopic (exact) mass is 229 g/mol. The molecule has 0 saturated heterocycles. The maximum absolute atomic E-state index is 11.7. The van der Waals surface area contributed by atoms with Crippen molar-refractivity contribution in [3.8, 4) is 0 Å². The molecular weight excluding hydrogens is 210 g/mol. The highest BCUT2D eigenvalue weighted by molar-refractivity contribution is 5.79. The molecule has 0 aromatic rings. The summed E-state index contributed by atoms with van der Waals surface area (Å²) in [6.45, 7) is 2.42. The van der Waals surface area contributed by atoms with Crippen LogP contribution in [0.25, 0.3) is 0 Å². The summed E-state index contributed by atoms with van der Waals surface area (Å²) >= 11 is 0. The molecule has 0 bridgehead atoms. The molecule has 0 radical (unpaired) electrons. The van der Waals surface area contributed by atoms with Crippen molar-refractivity contribution in [3.63, 3.8) is 0 Å². The summed E-state index contributed by atoms with van der Waals surface area (Å²) < 4.78 is 4.82. The highest BCUT2D eigenvalue weighted by Crippen LogP contribution is 2.30. The number of carbonyl (C=O) groups is 2. The molecule has 0 aromatic carbocycles. The molecule has 0 heterocycles. The third-order valence-electron chi connectivity index (χ3n) is 2.97. The Morgan fingerprint density at radius 2 is 2.19 bits per heavy atom. The molecule has 0 aliphatic heterocycles. The number of aliphatic carboxylic acids is 1. The Labute approximate surface area is 95.2 Å². The van der Waals surface area contributed by atoms with Gasteiger partial charge in [-0.05, 0) is 18.8 Å². The van der Waals surface area contributed by atoms with Gasteiger partial charge in [0.25, 0.3) is 0 Å². The van der Waals surface area contributed by atoms with Crippen LogP contribution in [0.4, 0.5) is 0 Å². The van der Waals surface area contributed by atoms with Gasteiger partial charge >= 0.3 is 5.97 Å². The fourth-order valence-corrected chi connectivity index (χ4v) is 2.07. The van der Waals surface area contributed by atoms with Crippen molar-refractivity contribution in [2.45, 2.75) is 26.2 Å². The molecule has 1 aliphatic carbocycles. The Kier molecular flexibility index (Phi) is 5.25. The van der Waals surface area contributed by atoms with Crippen molar-refractivity contribution in [1.82, 2.24) is 5.32 Å². The molecular formula is C11H19NO4. The van der Waals surface area contributed by atoms with E-state index < -0.39 is 5.97 Å². The molecule has 1 fully saturated rings. The van der Waals surface area contributed by atoms with Crippen molar-refractivity contribution in [1.29, 1.82) is 0 Å². The van der Waals surface area contributed by atoms with Gasteiger partial charge in [0.2, 0.25) is 5.91 Å². The number of amides is 1. The first kappa shape index (κ1) is 13.0. The molecule has 2 unspecified atom stereocenters. The number of nitrogens with one attached hydrogen (secondary N) is 1. The van der Waals surface area contributed by atoms with E-state index in [0.717, 1.165) is 19.3 Å². The van der Waals surface area contributed by atoms with Crippen LogP contribution in [0.3, 0.4) is 0 Å². The molecule has 0 spiro atoms. The van der Waals surface area contributed by atoms with Crippen molar-refractivity contribution >= 4 is 11.9 Å². The second-order valence-electron chi connectivity index (χ2n) is 4.25. The Balaban J connectivity index is 2.08. The lowest BCUT2D eigenvalue weighted by Crippen LogP contribution is -2.34. The zero-order valence-corrected chi connectivity index (χ0v) is 9.57. The van der Waals surface area contributed by atoms with Crippen LogP contribution < -0.4 is 5.32 Å². The first-order valence-electron chi connectivity index (χ1n) is 5.68. The van der Waals surface area contributed by atoms with Crippen LogP contribution in [-0.4, -0.2) is 36.7 Å². The van der Waals surface area contributed by atoms with E-state index in [-0.39, 0.29) is 25.0 Å². The smallest absolute Gasteiger partial charge is 0.329 e. The zero-order valence-electron chi connectivity index (χ0n) is 9.57. The molecule has 5 heteroatoms. The minimum absolute atomic E-state index is 0.0731. The van der Waals surface area contributed by atoms with E-state index >= 15 is 0 Å². The number of hydrogen-bond acceptors (Lipinski definition) is 3. The first-order valence-corrected chi connectivity index (χ1v) is 5.68. The minimum atomic E-state index is -0.990. The van der Waals surface area contributed by atoms with Crippen LogP contribution in [0.5, 0.6) is 0 Å². The van der Waals surface area contributed by atoms with Crippen molar-refractivity contribution < 1.29 is 19.4 Å². The van der Waals surface area contributed by atoms with Gasteiger partial charge in [0.05, 0.1) is 6.61 Å². The van der Waals surface area contributed by atoms with Gasteiger partial charge in [-0.3, -0.25) is 4.79 Å². The SMILES string of the molecule is CC1CCCC1C(=O)NCCOCC(=O)O. The predicted octanol–water partition coefficient (Wildman–Crippen LogP) is 0.640. The molecule has 92 valence electrons. The number of carboxylic acids is 1. The summed E-state index contributed by atoms with van der Waals surface area (Å²) in [4.78, 5) is 21.8. The average molecular weight is 229 g/mol. The lowest BCUT2D eigenvalue weighted by Gasteiger charge is -2.14. The lowest BCUT2D eigenvalue weighted by atomic mass is 9.97. The van der Waals surface area contributed by atoms with Crippen LogP contribution >= 0.6 is 0 Å². The second kappa shape index (κ2) is 6.48. The maximum Gasteiger partial charge on any atom is 0.329 e. The summed E-state index contributed by atoms with van der Waals surface area (Å²) in [5, 5.41) is 11.1. The summed E-state index contributed by atoms with van der Waals surface area (Å²) in [5.41, 5.74) is 0. The number of rotatable bonds is 6. The largest absolute Gasteiger partial charge is 0.480 e. The van der Waals surface area contributed by atoms with Gasteiger partial charge in [-0.1, -0.05) is 13.3 Å². The van der Waals surface area contributed by atoms with Crippen LogP contribution in [0, 0.1) is 11.8 Å². The van der Waals surface area contributed by atoms with Gasteiger partial charge in [0.15, 0.2) is 0 Å². The summed E-state index contributed by atoms with van der Waals surface area (Å²) in [7, 11) is 0. The van der Waals surface area contributed by atoms with E-state index in [1.54, 1.807) is 0 Å². The quantitative estimate of drug-likeness (QED) is 0.655. The molecule has 0 aromatic heterocycles. The van der Waals surface area contributed by atoms with Gasteiger partial charge in [-0.2, -0.15) is 0 Å². The van der Waals surface area contributed by atoms with E-state index in [4.69, 9.17) is 9.84 Å². The van der Waals surface area contributed by atoms with E-state index in [9.17, 15) is 9.59 Å². The summed E-state index contributed by atoms with van der Waals surface area (Å²) in [6, 6.07) is 0. The Morgan fingerprint density at radius 1 is 1.44 bits per heavy atom. The molecule has 5 nitrogen and oxygen atoms in total. The van der Waals surface area contributed by atoms with Crippen LogP contribution in [-0.2, 0) is 14.3 Å². The molecule has 1 aliphatic rings. The second-order valence-corrected chi connectivity index (χ2v) is 4.25. The zero-order chi connectivity index (χ0) is 12.0. The lowest BCUT2D eigenvalue weighted by molar-refractivity contribution is -0.142. The molecule has 1 amide bonds. The number of carbonyl (C=O) groups excluding carboxylic acids is 1. The van der Waals surface area contributed by atoms with Crippen LogP contribution in [0.2, 0.25) is 0 Å². The number of ether oxygens (including phenoxy) is 1. The molecule has 1 saturated carbocycles. The normalized spacial score (nSPS) is 24.3. The van der Waals surface area contributed by atoms with Gasteiger partial charge in [-0.15, -0.1) is 0 Å². The molecule has 16 heavy (non-hydrogen) atoms. The third kappa shape index (κ3) is 4.18. The van der Waals surface area contributed by atoms with E-state index in [2.05, 4.69) is 12.2 Å². The van der Waals surface area contributed by atoms with Gasteiger partial charge in [0, 0.05) is 12.5 Å². The Morgan fingerprint density at radius 3 is 2.75 bits per heavy atom. The van der Waals surface area contributed by atoms with E-state index in [1.165, 1.54) is 0 Å². The predicted molar refractivity (Wildman–Crippen MR) is 58.0 cm³/mol. The van der Waals surface area contributed by atoms with Crippen LogP contribution in [0.15, 0.2) is 0 Å². The molecule has 1 rings (SSSR count). The summed E-state index contributed by atoms with van der Waals surface area (Å²) in [5.74, 6) is -0.334. The minimum Gasteiger partial charge on any atom is -0.480 e. The number of hydrogen-bond donors (Lipinski definition) is 2. The van der Waals surface area contributed by atoms with Gasteiger partial charge in [-0.25, -0.2) is 4.79 Å². The molecule has 2 atom stereocenters. The van der Waals surface area contributed by atoms with Crippen molar-refractivity contribution in [2.24, 2.45) is 11.8 Å². The topological polar surface area (TPSA) is 75.6 Å². The molecule has 2 N–H and O–H groups in total. The van der Waals surface area contributed by atoms with Gasteiger partial charge < -0.3 is 15.2 Å². The first-order chi connectivity index (χ1) is 7.61. The average Bonchev–Trinajstić information content (AvgIpc) is 2.63. The number of carboxylic acid groups (broad SMARTS) is 1. The highest BCUT2D eigenvalue weighted by atomic mass is 16.5. The van der Waals surface area contributed by atoms with Crippen molar-refractivity contribution in [2.75, 3.05) is 19.8 Å². The fraction of sp³-hybridized carbons (Fsp3) is 0.818. The third-order valence-corrected chi connectivity index (χ3v) is 2.97. The fourth-order valence-electron chi connectivity index (χ4n) is 2.07. The summed E-state index contributed by atoms with van der Waals surface area (Å²) in [6.07, 6.45) is 3.20. The standard InChI is InChI=1S/C11H19NO4/c1-8-3-2-4-9(8)11(15)12-5-6-16-7-10(13)14/h8-9H,2-7H2,1H3,(H,12,15)(H,13,14). The maximum atomic E-state index is 11.7. The van der Waals surface area contributed by atoms with Gasteiger partial charge in [0.1, 0.15) is 6.61 Å². The Hall–Kier alpha value is -1.10. The van der Waals surface area contributed by atoms with E-state index in [0.29, 0.717) is 12.5 Å². The van der Waals surface area contributed by atoms with Crippen LogP contribution in [0.1, 0.15) is 26.2 Å². The highest BCUT2D eigenvalue weighted by Gasteiger charge is 2.29. The van der Waals surface area contributed by atoms with E-state index in [1.807, 2.05) is 0 Å².